The summed E-state index contributed by atoms with van der Waals surface area (Å²) in [5, 5.41) is 3.34. The highest BCUT2D eigenvalue weighted by atomic mass is 35.5. The van der Waals surface area contributed by atoms with Crippen LogP contribution in [0.1, 0.15) is 10.4 Å². The number of imidazole rings is 1. The number of benzene rings is 2. The molecule has 0 fully saturated rings. The van der Waals surface area contributed by atoms with Gasteiger partial charge in [-0.2, -0.15) is 0 Å². The molecule has 0 saturated heterocycles. The molecule has 0 spiro atoms. The number of carbonyl (C=O) groups is 2. The average Bonchev–Trinajstić information content (AvgIpc) is 3.15. The van der Waals surface area contributed by atoms with Gasteiger partial charge in [0.15, 0.2) is 6.61 Å². The quantitative estimate of drug-likeness (QED) is 0.437. The minimum Gasteiger partial charge on any atom is -0.452 e. The maximum absolute atomic E-state index is 12.3. The van der Waals surface area contributed by atoms with Crippen LogP contribution in [0.3, 0.4) is 0 Å². The second-order valence-electron chi connectivity index (χ2n) is 6.34. The maximum Gasteiger partial charge on any atom is 0.338 e. The van der Waals surface area contributed by atoms with Crippen LogP contribution in [0.2, 0.25) is 10.0 Å². The molecule has 2 N–H and O–H groups in total. The number of fused-ring (bicyclic) bond motifs is 1. The van der Waals surface area contributed by atoms with Gasteiger partial charge < -0.3 is 15.0 Å². The minimum absolute atomic E-state index is 0.294. The van der Waals surface area contributed by atoms with Crippen LogP contribution in [0.5, 0.6) is 0 Å². The summed E-state index contributed by atoms with van der Waals surface area (Å²) in [5.74, 6) is -0.500. The fourth-order valence-corrected chi connectivity index (χ4v) is 3.34. The van der Waals surface area contributed by atoms with Crippen molar-refractivity contribution in [3.05, 3.63) is 76.5 Å². The fourth-order valence-electron chi connectivity index (χ4n) is 2.81. The molecule has 0 atom stereocenters. The number of hydrogen-bond donors (Lipinski definition) is 2. The van der Waals surface area contributed by atoms with Crippen LogP contribution in [-0.4, -0.2) is 33.4 Å². The Morgan fingerprint density at radius 2 is 1.87 bits per heavy atom. The van der Waals surface area contributed by atoms with Gasteiger partial charge in [-0.3, -0.25) is 9.78 Å². The zero-order valence-corrected chi connectivity index (χ0v) is 16.9. The van der Waals surface area contributed by atoms with Crippen LogP contribution in [0.25, 0.3) is 22.4 Å². The van der Waals surface area contributed by atoms with E-state index in [2.05, 4.69) is 20.3 Å². The normalized spacial score (nSPS) is 10.7. The Kier molecular flexibility index (Phi) is 5.65. The van der Waals surface area contributed by atoms with Crippen molar-refractivity contribution in [3.8, 4) is 11.4 Å². The predicted octanol–water partition coefficient (Wildman–Crippen LogP) is 4.73. The number of rotatable bonds is 5. The highest BCUT2D eigenvalue weighted by Gasteiger charge is 2.13. The Labute approximate surface area is 181 Å². The molecule has 0 radical (unpaired) electrons. The van der Waals surface area contributed by atoms with E-state index >= 15 is 0 Å². The summed E-state index contributed by atoms with van der Waals surface area (Å²) in [4.78, 5) is 36.1. The number of anilines is 1. The molecule has 9 heteroatoms. The topological polar surface area (TPSA) is 97.0 Å². The number of aromatic amines is 1. The van der Waals surface area contributed by atoms with Gasteiger partial charge in [-0.05, 0) is 48.5 Å². The van der Waals surface area contributed by atoms with Crippen molar-refractivity contribution in [1.82, 2.24) is 15.0 Å². The molecule has 0 aliphatic carbocycles. The molecule has 0 aliphatic heterocycles. The lowest BCUT2D eigenvalue weighted by molar-refractivity contribution is -0.119. The molecule has 4 rings (SSSR count). The highest BCUT2D eigenvalue weighted by Crippen LogP contribution is 2.23. The second-order valence-corrected chi connectivity index (χ2v) is 7.21. The molecule has 0 aliphatic rings. The second kappa shape index (κ2) is 8.52. The van der Waals surface area contributed by atoms with Crippen LogP contribution in [-0.2, 0) is 9.53 Å². The summed E-state index contributed by atoms with van der Waals surface area (Å²) < 4.78 is 5.10. The summed E-state index contributed by atoms with van der Waals surface area (Å²) in [6.45, 7) is -0.453. The SMILES string of the molecule is O=C(COC(=O)c1ccc2nc(-c3cccnc3)[nH]c2c1)Nc1cc(Cl)cc(Cl)c1. The summed E-state index contributed by atoms with van der Waals surface area (Å²) >= 11 is 11.8. The van der Waals surface area contributed by atoms with E-state index in [4.69, 9.17) is 27.9 Å². The van der Waals surface area contributed by atoms with Gasteiger partial charge in [0, 0.05) is 33.7 Å². The van der Waals surface area contributed by atoms with Crippen molar-refractivity contribution in [2.45, 2.75) is 0 Å². The number of carbonyl (C=O) groups excluding carboxylic acids is 2. The number of ether oxygens (including phenoxy) is 1. The van der Waals surface area contributed by atoms with Gasteiger partial charge in [-0.25, -0.2) is 9.78 Å². The molecule has 30 heavy (non-hydrogen) atoms. The molecule has 0 bridgehead atoms. The molecule has 2 aromatic carbocycles. The van der Waals surface area contributed by atoms with Crippen molar-refractivity contribution < 1.29 is 14.3 Å². The first-order valence-electron chi connectivity index (χ1n) is 8.81. The Balaban J connectivity index is 1.42. The summed E-state index contributed by atoms with van der Waals surface area (Å²) in [6.07, 6.45) is 3.37. The van der Waals surface area contributed by atoms with Crippen molar-refractivity contribution in [2.24, 2.45) is 0 Å². The molecular formula is C21H14Cl2N4O3. The van der Waals surface area contributed by atoms with Crippen LogP contribution < -0.4 is 5.32 Å². The van der Waals surface area contributed by atoms with Gasteiger partial charge in [0.2, 0.25) is 0 Å². The van der Waals surface area contributed by atoms with E-state index in [0.717, 1.165) is 5.56 Å². The van der Waals surface area contributed by atoms with Crippen molar-refractivity contribution in [1.29, 1.82) is 0 Å². The number of halogens is 2. The minimum atomic E-state index is -0.631. The number of hydrogen-bond acceptors (Lipinski definition) is 5. The Morgan fingerprint density at radius 1 is 1.07 bits per heavy atom. The lowest BCUT2D eigenvalue weighted by atomic mass is 10.2. The largest absolute Gasteiger partial charge is 0.452 e. The fraction of sp³-hybridized carbons (Fsp3) is 0.0476. The zero-order valence-electron chi connectivity index (χ0n) is 15.4. The van der Waals surface area contributed by atoms with E-state index in [0.29, 0.717) is 38.2 Å². The molecule has 0 saturated carbocycles. The molecule has 7 nitrogen and oxygen atoms in total. The smallest absolute Gasteiger partial charge is 0.338 e. The van der Waals surface area contributed by atoms with Gasteiger partial charge in [0.1, 0.15) is 5.82 Å². The number of esters is 1. The van der Waals surface area contributed by atoms with Crippen LogP contribution in [0, 0.1) is 0 Å². The van der Waals surface area contributed by atoms with Crippen LogP contribution in [0.15, 0.2) is 60.9 Å². The van der Waals surface area contributed by atoms with Crippen molar-refractivity contribution >= 4 is 51.8 Å². The summed E-state index contributed by atoms with van der Waals surface area (Å²) in [5.41, 5.74) is 2.90. The van der Waals surface area contributed by atoms with Gasteiger partial charge in [0.05, 0.1) is 16.6 Å². The number of pyridine rings is 1. The number of aromatic nitrogens is 3. The van der Waals surface area contributed by atoms with E-state index in [9.17, 15) is 9.59 Å². The van der Waals surface area contributed by atoms with Gasteiger partial charge in [0.25, 0.3) is 5.91 Å². The molecule has 2 aromatic heterocycles. The third-order valence-electron chi connectivity index (χ3n) is 4.13. The third kappa shape index (κ3) is 4.59. The maximum atomic E-state index is 12.3. The number of nitrogens with one attached hydrogen (secondary N) is 2. The first-order valence-corrected chi connectivity index (χ1v) is 9.57. The lowest BCUT2D eigenvalue weighted by Crippen LogP contribution is -2.20. The highest BCUT2D eigenvalue weighted by molar-refractivity contribution is 6.35. The van der Waals surface area contributed by atoms with Gasteiger partial charge >= 0.3 is 5.97 Å². The lowest BCUT2D eigenvalue weighted by Gasteiger charge is -2.07. The summed E-state index contributed by atoms with van der Waals surface area (Å²) in [6, 6.07) is 13.2. The average molecular weight is 441 g/mol. The molecule has 0 unspecified atom stereocenters. The number of amides is 1. The Morgan fingerprint density at radius 3 is 2.60 bits per heavy atom. The molecule has 2 heterocycles. The Hall–Kier alpha value is -3.42. The van der Waals surface area contributed by atoms with Crippen LogP contribution >= 0.6 is 23.2 Å². The number of nitrogens with zero attached hydrogens (tertiary/aromatic N) is 2. The first kappa shape index (κ1) is 19.9. The Bertz CT molecular complexity index is 1220. The first-order chi connectivity index (χ1) is 14.5. The number of H-pyrrole nitrogens is 1. The predicted molar refractivity (Wildman–Crippen MR) is 115 cm³/mol. The molecule has 150 valence electrons. The van der Waals surface area contributed by atoms with Gasteiger partial charge in [-0.1, -0.05) is 23.2 Å². The van der Waals surface area contributed by atoms with Crippen molar-refractivity contribution in [2.75, 3.05) is 11.9 Å². The van der Waals surface area contributed by atoms with E-state index in [1.165, 1.54) is 0 Å². The van der Waals surface area contributed by atoms with Crippen LogP contribution in [0.4, 0.5) is 5.69 Å². The zero-order chi connectivity index (χ0) is 21.1. The van der Waals surface area contributed by atoms with Crippen molar-refractivity contribution in [3.63, 3.8) is 0 Å². The van der Waals surface area contributed by atoms with Gasteiger partial charge in [-0.15, -0.1) is 0 Å². The third-order valence-corrected chi connectivity index (χ3v) is 4.57. The molecule has 1 amide bonds. The van der Waals surface area contributed by atoms with E-state index in [-0.39, 0.29) is 0 Å². The molecular weight excluding hydrogens is 427 g/mol. The monoisotopic (exact) mass is 440 g/mol. The summed E-state index contributed by atoms with van der Waals surface area (Å²) in [7, 11) is 0. The van der Waals surface area contributed by atoms with E-state index in [1.807, 2.05) is 12.1 Å². The molecule has 4 aromatic rings. The van der Waals surface area contributed by atoms with E-state index < -0.39 is 18.5 Å². The standard InChI is InChI=1S/C21H14Cl2N4O3/c22-14-7-15(23)9-16(8-14)25-19(28)11-30-21(29)12-3-4-17-18(6-12)27-20(26-17)13-2-1-5-24-10-13/h1-10H,11H2,(H,25,28)(H,26,27). The van der Waals surface area contributed by atoms with E-state index in [1.54, 1.807) is 48.8 Å².